The highest BCUT2D eigenvalue weighted by Gasteiger charge is 2.24. The first-order valence-corrected chi connectivity index (χ1v) is 12.1. The Morgan fingerprint density at radius 3 is 2.63 bits per heavy atom. The van der Waals surface area contributed by atoms with Crippen LogP contribution in [0.3, 0.4) is 0 Å². The highest BCUT2D eigenvalue weighted by molar-refractivity contribution is 7.17. The van der Waals surface area contributed by atoms with Gasteiger partial charge in [-0.3, -0.25) is 9.69 Å². The van der Waals surface area contributed by atoms with E-state index < -0.39 is 0 Å². The topological polar surface area (TPSA) is 37.3 Å². The molecule has 160 valence electrons. The fraction of sp³-hybridized carbons (Fsp3) is 0.458. The molecule has 1 saturated heterocycles. The zero-order valence-electron chi connectivity index (χ0n) is 17.7. The van der Waals surface area contributed by atoms with Gasteiger partial charge in [0.2, 0.25) is 0 Å². The van der Waals surface area contributed by atoms with Crippen molar-refractivity contribution in [2.75, 3.05) is 13.1 Å². The number of thiophene rings is 1. The van der Waals surface area contributed by atoms with Gasteiger partial charge in [-0.25, -0.2) is 0 Å². The minimum Gasteiger partial charge on any atom is -0.351 e. The van der Waals surface area contributed by atoms with Crippen molar-refractivity contribution in [1.29, 1.82) is 0 Å². The summed E-state index contributed by atoms with van der Waals surface area (Å²) in [7, 11) is 0. The Balaban J connectivity index is 1.40. The van der Waals surface area contributed by atoms with Crippen LogP contribution in [0.25, 0.3) is 10.2 Å². The van der Waals surface area contributed by atoms with Crippen LogP contribution in [0.15, 0.2) is 41.8 Å². The zero-order chi connectivity index (χ0) is 21.1. The fourth-order valence-electron chi connectivity index (χ4n) is 4.58. The van der Waals surface area contributed by atoms with Gasteiger partial charge in [-0.2, -0.15) is 0 Å². The van der Waals surface area contributed by atoms with Gasteiger partial charge < -0.3 is 9.88 Å². The predicted molar refractivity (Wildman–Crippen MR) is 127 cm³/mol. The molecule has 0 radical (unpaired) electrons. The summed E-state index contributed by atoms with van der Waals surface area (Å²) in [6, 6.07) is 13.2. The minimum atomic E-state index is 0.00658. The average molecular weight is 444 g/mol. The number of nitrogens with one attached hydrogen (secondary N) is 1. The van der Waals surface area contributed by atoms with Crippen LogP contribution in [-0.2, 0) is 6.54 Å². The first-order valence-electron chi connectivity index (χ1n) is 10.9. The summed E-state index contributed by atoms with van der Waals surface area (Å²) in [4.78, 5) is 15.6. The van der Waals surface area contributed by atoms with Gasteiger partial charge >= 0.3 is 0 Å². The largest absolute Gasteiger partial charge is 0.351 e. The van der Waals surface area contributed by atoms with Crippen molar-refractivity contribution in [2.24, 2.45) is 0 Å². The fourth-order valence-corrected chi connectivity index (χ4v) is 5.53. The van der Waals surface area contributed by atoms with Gasteiger partial charge in [0, 0.05) is 36.7 Å². The molecular formula is C24H30ClN3OS. The Morgan fingerprint density at radius 1 is 1.17 bits per heavy atom. The van der Waals surface area contributed by atoms with Crippen LogP contribution < -0.4 is 5.32 Å². The molecule has 0 spiro atoms. The molecular weight excluding hydrogens is 414 g/mol. The van der Waals surface area contributed by atoms with Crippen LogP contribution in [-0.4, -0.2) is 40.5 Å². The number of piperidine rings is 1. The average Bonchev–Trinajstić information content (AvgIpc) is 3.31. The molecule has 1 aromatic carbocycles. The number of nitrogens with zero attached hydrogens (tertiary/aromatic N) is 2. The van der Waals surface area contributed by atoms with E-state index in [1.54, 1.807) is 11.3 Å². The smallest absolute Gasteiger partial charge is 0.267 e. The van der Waals surface area contributed by atoms with E-state index in [2.05, 4.69) is 40.1 Å². The minimum absolute atomic E-state index is 0.00658. The van der Waals surface area contributed by atoms with E-state index in [1.165, 1.54) is 19.3 Å². The van der Waals surface area contributed by atoms with Crippen molar-refractivity contribution in [2.45, 2.75) is 58.2 Å². The van der Waals surface area contributed by atoms with E-state index in [4.69, 9.17) is 11.6 Å². The summed E-state index contributed by atoms with van der Waals surface area (Å²) < 4.78 is 3.25. The number of amides is 1. The summed E-state index contributed by atoms with van der Waals surface area (Å²) in [6.45, 7) is 7.05. The lowest BCUT2D eigenvalue weighted by Crippen LogP contribution is -2.44. The Bertz CT molecular complexity index is 984. The van der Waals surface area contributed by atoms with Gasteiger partial charge in [0.15, 0.2) is 0 Å². The molecule has 1 amide bonds. The maximum atomic E-state index is 13.0. The number of likely N-dealkylation sites (tertiary alicyclic amines) is 1. The van der Waals surface area contributed by atoms with E-state index in [-0.39, 0.29) is 5.91 Å². The monoisotopic (exact) mass is 443 g/mol. The number of rotatable bonds is 7. The van der Waals surface area contributed by atoms with Gasteiger partial charge in [0.1, 0.15) is 5.69 Å². The second kappa shape index (κ2) is 9.54. The van der Waals surface area contributed by atoms with Crippen LogP contribution in [0.1, 0.15) is 55.6 Å². The van der Waals surface area contributed by atoms with Crippen molar-refractivity contribution in [3.05, 3.63) is 58.1 Å². The molecule has 1 aliphatic rings. The molecule has 30 heavy (non-hydrogen) atoms. The third-order valence-corrected chi connectivity index (χ3v) is 7.37. The number of fused-ring (bicyclic) bond motifs is 1. The second-order valence-corrected chi connectivity index (χ2v) is 9.77. The van der Waals surface area contributed by atoms with Gasteiger partial charge in [-0.15, -0.1) is 11.3 Å². The molecule has 6 heteroatoms. The molecule has 1 N–H and O–H groups in total. The van der Waals surface area contributed by atoms with E-state index in [1.807, 2.05) is 30.3 Å². The third-order valence-electron chi connectivity index (χ3n) is 6.26. The molecule has 0 aliphatic carbocycles. The van der Waals surface area contributed by atoms with E-state index in [0.717, 1.165) is 39.5 Å². The molecule has 3 aromatic rings. The molecule has 3 heterocycles. The molecule has 2 aromatic heterocycles. The molecule has 2 unspecified atom stereocenters. The highest BCUT2D eigenvalue weighted by Crippen LogP contribution is 2.27. The normalized spacial score (nSPS) is 20.0. The first kappa shape index (κ1) is 21.4. The van der Waals surface area contributed by atoms with Crippen LogP contribution in [0.4, 0.5) is 0 Å². The lowest BCUT2D eigenvalue weighted by atomic mass is 9.97. The summed E-state index contributed by atoms with van der Waals surface area (Å²) in [5.41, 5.74) is 2.97. The van der Waals surface area contributed by atoms with Crippen LogP contribution >= 0.6 is 22.9 Å². The SMILES string of the molecule is CC1CCCC(C)N1CCCNC(=O)c1cc2sccc2n1Cc1ccc(Cl)cc1. The quantitative estimate of drug-likeness (QED) is 0.469. The van der Waals surface area contributed by atoms with Crippen LogP contribution in [0.5, 0.6) is 0 Å². The molecule has 1 fully saturated rings. The van der Waals surface area contributed by atoms with Gasteiger partial charge in [-0.05, 0) is 68.3 Å². The first-order chi connectivity index (χ1) is 14.5. The molecule has 4 rings (SSSR count). The number of halogens is 1. The van der Waals surface area contributed by atoms with Gasteiger partial charge in [0.25, 0.3) is 5.91 Å². The van der Waals surface area contributed by atoms with E-state index in [0.29, 0.717) is 25.2 Å². The number of benzene rings is 1. The summed E-state index contributed by atoms with van der Waals surface area (Å²) in [6.07, 6.45) is 4.88. The van der Waals surface area contributed by atoms with Crippen molar-refractivity contribution >= 4 is 39.1 Å². The van der Waals surface area contributed by atoms with Gasteiger partial charge in [0.05, 0.1) is 10.2 Å². The number of hydrogen-bond donors (Lipinski definition) is 1. The number of aromatic nitrogens is 1. The van der Waals surface area contributed by atoms with Crippen molar-refractivity contribution < 1.29 is 4.79 Å². The third kappa shape index (κ3) is 4.74. The lowest BCUT2D eigenvalue weighted by Gasteiger charge is -2.39. The van der Waals surface area contributed by atoms with E-state index >= 15 is 0 Å². The maximum Gasteiger partial charge on any atom is 0.267 e. The van der Waals surface area contributed by atoms with E-state index in [9.17, 15) is 4.79 Å². The number of carbonyl (C=O) groups is 1. The van der Waals surface area contributed by atoms with Crippen molar-refractivity contribution in [3.8, 4) is 0 Å². The van der Waals surface area contributed by atoms with Crippen molar-refractivity contribution in [3.63, 3.8) is 0 Å². The van der Waals surface area contributed by atoms with Crippen LogP contribution in [0, 0.1) is 0 Å². The summed E-state index contributed by atoms with van der Waals surface area (Å²) in [5.74, 6) is 0.00658. The Hall–Kier alpha value is -1.82. The summed E-state index contributed by atoms with van der Waals surface area (Å²) >= 11 is 7.70. The lowest BCUT2D eigenvalue weighted by molar-refractivity contribution is 0.0918. The second-order valence-electron chi connectivity index (χ2n) is 8.39. The number of hydrogen-bond acceptors (Lipinski definition) is 3. The molecule has 2 atom stereocenters. The molecule has 4 nitrogen and oxygen atoms in total. The highest BCUT2D eigenvalue weighted by atomic mass is 35.5. The standard InChI is InChI=1S/C24H30ClN3OS/c1-17-5-3-6-18(2)27(17)13-4-12-26-24(29)22-15-23-21(11-14-30-23)28(22)16-19-7-9-20(25)10-8-19/h7-11,14-15,17-18H,3-6,12-13,16H2,1-2H3,(H,26,29). The predicted octanol–water partition coefficient (Wildman–Crippen LogP) is 5.79. The number of carbonyl (C=O) groups excluding carboxylic acids is 1. The maximum absolute atomic E-state index is 13.0. The zero-order valence-corrected chi connectivity index (χ0v) is 19.3. The molecule has 0 bridgehead atoms. The van der Waals surface area contributed by atoms with Gasteiger partial charge in [-0.1, -0.05) is 30.2 Å². The molecule has 0 saturated carbocycles. The van der Waals surface area contributed by atoms with Crippen LogP contribution in [0.2, 0.25) is 5.02 Å². The Labute approximate surface area is 187 Å². The summed E-state index contributed by atoms with van der Waals surface area (Å²) in [5, 5.41) is 5.95. The van der Waals surface area contributed by atoms with Crippen molar-refractivity contribution in [1.82, 2.24) is 14.8 Å². The Kier molecular flexibility index (Phi) is 6.81. The molecule has 1 aliphatic heterocycles. The Morgan fingerprint density at radius 2 is 1.90 bits per heavy atom.